The van der Waals surface area contributed by atoms with E-state index >= 15 is 0 Å². The average Bonchev–Trinajstić information content (AvgIpc) is 2.64. The van der Waals surface area contributed by atoms with E-state index in [9.17, 15) is 9.59 Å². The predicted molar refractivity (Wildman–Crippen MR) is 91.9 cm³/mol. The second-order valence-electron chi connectivity index (χ2n) is 4.61. The van der Waals surface area contributed by atoms with Gasteiger partial charge in [0.15, 0.2) is 0 Å². The van der Waals surface area contributed by atoms with Crippen LogP contribution in [0.15, 0.2) is 48.5 Å². The molecule has 0 saturated heterocycles. The molecular weight excluding hydrogens is 327 g/mol. The zero-order chi connectivity index (χ0) is 18.1. The number of amides is 2. The summed E-state index contributed by atoms with van der Waals surface area (Å²) in [6, 6.07) is 13.3. The van der Waals surface area contributed by atoms with Crippen LogP contribution in [0.25, 0.3) is 0 Å². The quantitative estimate of drug-likeness (QED) is 0.783. The fourth-order valence-corrected chi connectivity index (χ4v) is 1.71. The number of methoxy groups -OCH3 is 2. The fraction of sp³-hybridized carbons (Fsp3) is 0.125. The lowest BCUT2D eigenvalue weighted by molar-refractivity contribution is 0.186. The van der Waals surface area contributed by atoms with Gasteiger partial charge in [0.05, 0.1) is 14.2 Å². The smallest absolute Gasteiger partial charge is 0.526 e. The first kappa shape index (κ1) is 18.0. The summed E-state index contributed by atoms with van der Waals surface area (Å²) < 4.78 is 19.6. The SMILES string of the molecule is COC(=O)Nc1ccc(O[B]Oc2ccc(NC(=O)OC)cc2)cc1. The molecule has 0 aliphatic carbocycles. The second-order valence-corrected chi connectivity index (χ2v) is 4.61. The van der Waals surface area contributed by atoms with Crippen LogP contribution in [0.2, 0.25) is 0 Å². The number of rotatable bonds is 6. The van der Waals surface area contributed by atoms with Gasteiger partial charge in [0.25, 0.3) is 0 Å². The third-order valence-corrected chi connectivity index (χ3v) is 2.94. The molecule has 25 heavy (non-hydrogen) atoms. The largest absolute Gasteiger partial charge is 0.658 e. The molecule has 2 aromatic carbocycles. The molecule has 0 aliphatic heterocycles. The third-order valence-electron chi connectivity index (χ3n) is 2.94. The van der Waals surface area contributed by atoms with E-state index in [0.717, 1.165) is 0 Å². The molecule has 1 radical (unpaired) electrons. The van der Waals surface area contributed by atoms with Crippen molar-refractivity contribution in [3.05, 3.63) is 48.5 Å². The lowest BCUT2D eigenvalue weighted by atomic mass is 10.2. The maximum absolute atomic E-state index is 11.1. The number of anilines is 2. The molecule has 129 valence electrons. The van der Waals surface area contributed by atoms with Crippen molar-refractivity contribution in [2.75, 3.05) is 24.9 Å². The highest BCUT2D eigenvalue weighted by Crippen LogP contribution is 2.18. The zero-order valence-electron chi connectivity index (χ0n) is 13.6. The average molecular weight is 343 g/mol. The van der Waals surface area contributed by atoms with E-state index in [-0.39, 0.29) is 0 Å². The lowest BCUT2D eigenvalue weighted by Gasteiger charge is -2.09. The molecule has 2 amide bonds. The highest BCUT2D eigenvalue weighted by molar-refractivity contribution is 6.20. The Balaban J connectivity index is 1.78. The van der Waals surface area contributed by atoms with Gasteiger partial charge in [0, 0.05) is 11.4 Å². The molecule has 0 saturated carbocycles. The van der Waals surface area contributed by atoms with Gasteiger partial charge < -0.3 is 18.8 Å². The Morgan fingerprint density at radius 1 is 0.720 bits per heavy atom. The Bertz CT molecular complexity index is 644. The Morgan fingerprint density at radius 3 is 1.40 bits per heavy atom. The summed E-state index contributed by atoms with van der Waals surface area (Å²) in [4.78, 5) is 22.1. The van der Waals surface area contributed by atoms with Gasteiger partial charge >= 0.3 is 19.9 Å². The molecule has 0 unspecified atom stereocenters. The molecular formula is C16H16BN2O6. The monoisotopic (exact) mass is 343 g/mol. The maximum atomic E-state index is 11.1. The summed E-state index contributed by atoms with van der Waals surface area (Å²) in [5.41, 5.74) is 1.16. The Labute approximate surface area is 145 Å². The van der Waals surface area contributed by atoms with Crippen LogP contribution in [-0.2, 0) is 9.47 Å². The number of carbonyl (C=O) groups excluding carboxylic acids is 2. The van der Waals surface area contributed by atoms with Crippen LogP contribution in [-0.4, -0.2) is 34.1 Å². The van der Waals surface area contributed by atoms with E-state index in [2.05, 4.69) is 20.1 Å². The van der Waals surface area contributed by atoms with Gasteiger partial charge in [-0.15, -0.1) is 0 Å². The van der Waals surface area contributed by atoms with Crippen molar-refractivity contribution < 1.29 is 28.4 Å². The van der Waals surface area contributed by atoms with Crippen LogP contribution in [0.1, 0.15) is 0 Å². The van der Waals surface area contributed by atoms with Crippen molar-refractivity contribution in [1.82, 2.24) is 0 Å². The first-order chi connectivity index (χ1) is 12.1. The van der Waals surface area contributed by atoms with Gasteiger partial charge in [-0.2, -0.15) is 0 Å². The van der Waals surface area contributed by atoms with Gasteiger partial charge in [-0.05, 0) is 48.5 Å². The molecule has 0 atom stereocenters. The molecule has 0 aliphatic rings. The lowest BCUT2D eigenvalue weighted by Crippen LogP contribution is -2.12. The van der Waals surface area contributed by atoms with Crippen LogP contribution in [0.3, 0.4) is 0 Å². The second kappa shape index (κ2) is 9.07. The summed E-state index contributed by atoms with van der Waals surface area (Å²) in [5.74, 6) is 1.05. The third kappa shape index (κ3) is 5.98. The van der Waals surface area contributed by atoms with E-state index in [1.54, 1.807) is 48.5 Å². The van der Waals surface area contributed by atoms with Crippen LogP contribution in [0.4, 0.5) is 21.0 Å². The Morgan fingerprint density at radius 2 is 1.08 bits per heavy atom. The van der Waals surface area contributed by atoms with Crippen molar-refractivity contribution in [2.45, 2.75) is 0 Å². The predicted octanol–water partition coefficient (Wildman–Crippen LogP) is 3.04. The molecule has 0 bridgehead atoms. The zero-order valence-corrected chi connectivity index (χ0v) is 13.6. The number of carbonyl (C=O) groups is 2. The summed E-state index contributed by atoms with van der Waals surface area (Å²) in [7, 11) is 3.75. The van der Waals surface area contributed by atoms with E-state index in [1.807, 2.05) is 0 Å². The minimum Gasteiger partial charge on any atom is -0.526 e. The molecule has 0 spiro atoms. The van der Waals surface area contributed by atoms with Crippen molar-refractivity contribution in [1.29, 1.82) is 0 Å². The first-order valence-electron chi connectivity index (χ1n) is 7.16. The Kier molecular flexibility index (Phi) is 6.52. The summed E-state index contributed by atoms with van der Waals surface area (Å²) in [6.07, 6.45) is -1.09. The molecule has 8 nitrogen and oxygen atoms in total. The highest BCUT2D eigenvalue weighted by Gasteiger charge is 2.05. The van der Waals surface area contributed by atoms with E-state index in [1.165, 1.54) is 21.9 Å². The maximum Gasteiger partial charge on any atom is 0.658 e. The van der Waals surface area contributed by atoms with Gasteiger partial charge in [-0.3, -0.25) is 10.6 Å². The minimum atomic E-state index is -0.547. The molecule has 2 rings (SSSR count). The van der Waals surface area contributed by atoms with Crippen LogP contribution >= 0.6 is 0 Å². The normalized spacial score (nSPS) is 9.52. The van der Waals surface area contributed by atoms with Crippen LogP contribution < -0.4 is 19.9 Å². The molecule has 9 heteroatoms. The van der Waals surface area contributed by atoms with Crippen LogP contribution in [0.5, 0.6) is 11.5 Å². The standard InChI is InChI=1S/C16H16BN2O6/c1-22-15(20)18-11-3-7-13(8-4-11)24-17-25-14-9-5-12(6-10-14)19-16(21)23-2/h3-10H,1-2H3,(H,18,20)(H,19,21). The van der Waals surface area contributed by atoms with E-state index in [4.69, 9.17) is 9.31 Å². The van der Waals surface area contributed by atoms with Gasteiger partial charge in [0.1, 0.15) is 11.5 Å². The van der Waals surface area contributed by atoms with Crippen molar-refractivity contribution in [3.8, 4) is 11.5 Å². The molecule has 2 aromatic rings. The summed E-state index contributed by atoms with van der Waals surface area (Å²) in [6.45, 7) is 0. The number of hydrogen-bond donors (Lipinski definition) is 2. The van der Waals surface area contributed by atoms with Gasteiger partial charge in [-0.25, -0.2) is 9.59 Å². The van der Waals surface area contributed by atoms with Crippen molar-refractivity contribution in [2.24, 2.45) is 0 Å². The summed E-state index contributed by atoms with van der Waals surface area (Å²) >= 11 is 0. The molecule has 0 fully saturated rings. The number of ether oxygens (including phenoxy) is 2. The van der Waals surface area contributed by atoms with Crippen molar-refractivity contribution in [3.63, 3.8) is 0 Å². The van der Waals surface area contributed by atoms with Gasteiger partial charge in [0.2, 0.25) is 0 Å². The summed E-state index contributed by atoms with van der Waals surface area (Å²) in [5, 5.41) is 5.05. The molecule has 0 aromatic heterocycles. The first-order valence-corrected chi connectivity index (χ1v) is 7.16. The van der Waals surface area contributed by atoms with Gasteiger partial charge in [-0.1, -0.05) is 0 Å². The topological polar surface area (TPSA) is 95.1 Å². The van der Waals surface area contributed by atoms with E-state index in [0.29, 0.717) is 22.9 Å². The number of benzene rings is 2. The fourth-order valence-electron chi connectivity index (χ4n) is 1.71. The van der Waals surface area contributed by atoms with Crippen LogP contribution in [0, 0.1) is 0 Å². The number of nitrogens with one attached hydrogen (secondary N) is 2. The molecule has 2 N–H and O–H groups in total. The van der Waals surface area contributed by atoms with E-state index < -0.39 is 12.2 Å². The minimum absolute atomic E-state index is 0.527. The Hall–Kier alpha value is -3.36. The highest BCUT2D eigenvalue weighted by atomic mass is 16.6. The molecule has 0 heterocycles. The van der Waals surface area contributed by atoms with Crippen molar-refractivity contribution >= 4 is 31.2 Å². The number of hydrogen-bond acceptors (Lipinski definition) is 6.